The first kappa shape index (κ1) is 22.8. The van der Waals surface area contributed by atoms with Crippen LogP contribution < -0.4 is 5.32 Å². The molecule has 1 amide bonds. The van der Waals surface area contributed by atoms with E-state index in [1.54, 1.807) is 30.3 Å². The van der Waals surface area contributed by atoms with Crippen LogP contribution in [0.2, 0.25) is 0 Å². The maximum atomic E-state index is 12.9. The molecule has 1 fully saturated rings. The van der Waals surface area contributed by atoms with Gasteiger partial charge in [0.1, 0.15) is 0 Å². The number of piperidine rings is 1. The van der Waals surface area contributed by atoms with Gasteiger partial charge in [0, 0.05) is 28.9 Å². The van der Waals surface area contributed by atoms with E-state index in [9.17, 15) is 13.2 Å². The van der Waals surface area contributed by atoms with E-state index in [1.165, 1.54) is 9.20 Å². The van der Waals surface area contributed by atoms with E-state index in [2.05, 4.69) is 25.2 Å². The van der Waals surface area contributed by atoms with Crippen molar-refractivity contribution in [3.05, 3.63) is 54.1 Å². The summed E-state index contributed by atoms with van der Waals surface area (Å²) in [5, 5.41) is 3.56. The standard InChI is InChI=1S/C23H30N2O3S2/c1-4-18(3)29-20-12-13-22(17(2)15-20)24-23(26)19-9-8-14-25(16-19)30(27,28)21-10-6-5-7-11-21/h5-7,10-13,15,18-19H,4,8-9,14,16H2,1-3H3,(H,24,26). The van der Waals surface area contributed by atoms with Crippen LogP contribution in [0.15, 0.2) is 58.3 Å². The Labute approximate surface area is 184 Å². The minimum absolute atomic E-state index is 0.117. The van der Waals surface area contributed by atoms with Gasteiger partial charge in [0.2, 0.25) is 15.9 Å². The van der Waals surface area contributed by atoms with Gasteiger partial charge in [-0.2, -0.15) is 4.31 Å². The van der Waals surface area contributed by atoms with Crippen LogP contribution in [0.5, 0.6) is 0 Å². The zero-order valence-electron chi connectivity index (χ0n) is 17.8. The van der Waals surface area contributed by atoms with Gasteiger partial charge in [0.05, 0.1) is 10.8 Å². The molecule has 30 heavy (non-hydrogen) atoms. The van der Waals surface area contributed by atoms with E-state index in [1.807, 2.05) is 30.8 Å². The number of hydrogen-bond donors (Lipinski definition) is 1. The Morgan fingerprint density at radius 3 is 2.63 bits per heavy atom. The maximum Gasteiger partial charge on any atom is 0.243 e. The number of thioether (sulfide) groups is 1. The minimum atomic E-state index is -3.58. The van der Waals surface area contributed by atoms with Gasteiger partial charge in [-0.25, -0.2) is 8.42 Å². The molecule has 0 aromatic heterocycles. The number of hydrogen-bond acceptors (Lipinski definition) is 4. The van der Waals surface area contributed by atoms with E-state index >= 15 is 0 Å². The quantitative estimate of drug-likeness (QED) is 0.613. The normalized spacial score (nSPS) is 18.7. The Morgan fingerprint density at radius 1 is 1.23 bits per heavy atom. The Bertz CT molecular complexity index is 977. The third kappa shape index (κ3) is 5.45. The first-order chi connectivity index (χ1) is 14.3. The second kappa shape index (κ2) is 9.98. The van der Waals surface area contributed by atoms with Crippen molar-refractivity contribution in [1.29, 1.82) is 0 Å². The summed E-state index contributed by atoms with van der Waals surface area (Å²) in [5.74, 6) is -0.473. The van der Waals surface area contributed by atoms with Crippen molar-refractivity contribution in [1.82, 2.24) is 4.31 Å². The van der Waals surface area contributed by atoms with Gasteiger partial charge >= 0.3 is 0 Å². The highest BCUT2D eigenvalue weighted by molar-refractivity contribution is 7.99. The molecule has 0 spiro atoms. The number of anilines is 1. The molecule has 2 atom stereocenters. The molecule has 5 nitrogen and oxygen atoms in total. The summed E-state index contributed by atoms with van der Waals surface area (Å²) in [7, 11) is -3.58. The fraction of sp³-hybridized carbons (Fsp3) is 0.435. The number of carbonyl (C=O) groups is 1. The van der Waals surface area contributed by atoms with Crippen molar-refractivity contribution in [3.63, 3.8) is 0 Å². The number of sulfonamides is 1. The highest BCUT2D eigenvalue weighted by Gasteiger charge is 2.33. The van der Waals surface area contributed by atoms with Crippen LogP contribution in [0.1, 0.15) is 38.7 Å². The molecule has 1 aliphatic rings. The Balaban J connectivity index is 1.67. The molecule has 3 rings (SSSR count). The van der Waals surface area contributed by atoms with Crippen LogP contribution in [-0.4, -0.2) is 37.0 Å². The molecule has 162 valence electrons. The van der Waals surface area contributed by atoms with E-state index in [4.69, 9.17) is 0 Å². The monoisotopic (exact) mass is 446 g/mol. The minimum Gasteiger partial charge on any atom is -0.326 e. The number of carbonyl (C=O) groups excluding carboxylic acids is 1. The largest absolute Gasteiger partial charge is 0.326 e. The summed E-state index contributed by atoms with van der Waals surface area (Å²) >= 11 is 1.83. The molecule has 0 bridgehead atoms. The number of aryl methyl sites for hydroxylation is 1. The molecule has 7 heteroatoms. The maximum absolute atomic E-state index is 12.9. The number of nitrogens with zero attached hydrogens (tertiary/aromatic N) is 1. The van der Waals surface area contributed by atoms with E-state index < -0.39 is 10.0 Å². The molecule has 0 saturated carbocycles. The van der Waals surface area contributed by atoms with Crippen molar-refractivity contribution in [2.75, 3.05) is 18.4 Å². The molecule has 0 radical (unpaired) electrons. The van der Waals surface area contributed by atoms with Gasteiger partial charge < -0.3 is 5.32 Å². The van der Waals surface area contributed by atoms with Gasteiger partial charge in [0.25, 0.3) is 0 Å². The predicted octanol–water partition coefficient (Wildman–Crippen LogP) is 4.93. The third-order valence-corrected chi connectivity index (χ3v) is 8.64. The molecule has 1 saturated heterocycles. The topological polar surface area (TPSA) is 66.5 Å². The Hall–Kier alpha value is -1.83. The molecule has 2 unspecified atom stereocenters. The highest BCUT2D eigenvalue weighted by Crippen LogP contribution is 2.29. The van der Waals surface area contributed by atoms with Crippen LogP contribution in [0.25, 0.3) is 0 Å². The van der Waals surface area contributed by atoms with Gasteiger partial charge in [-0.1, -0.05) is 32.0 Å². The zero-order valence-corrected chi connectivity index (χ0v) is 19.4. The first-order valence-electron chi connectivity index (χ1n) is 10.4. The summed E-state index contributed by atoms with van der Waals surface area (Å²) in [6.45, 7) is 7.02. The van der Waals surface area contributed by atoms with Crippen molar-refractivity contribution in [2.45, 2.75) is 55.1 Å². The SMILES string of the molecule is CCC(C)Sc1ccc(NC(=O)C2CCCN(S(=O)(=O)c3ccccc3)C2)c(C)c1. The third-order valence-electron chi connectivity index (χ3n) is 5.50. The fourth-order valence-corrected chi connectivity index (χ4v) is 6.08. The lowest BCUT2D eigenvalue weighted by Gasteiger charge is -2.31. The van der Waals surface area contributed by atoms with Crippen LogP contribution in [0, 0.1) is 12.8 Å². The number of rotatable bonds is 7. The van der Waals surface area contributed by atoms with Crippen LogP contribution in [0.4, 0.5) is 5.69 Å². The molecule has 1 heterocycles. The lowest BCUT2D eigenvalue weighted by Crippen LogP contribution is -2.43. The number of benzene rings is 2. The lowest BCUT2D eigenvalue weighted by molar-refractivity contribution is -0.120. The second-order valence-electron chi connectivity index (χ2n) is 7.82. The van der Waals surface area contributed by atoms with Gasteiger partial charge in [-0.15, -0.1) is 11.8 Å². The zero-order chi connectivity index (χ0) is 21.7. The number of amides is 1. The average Bonchev–Trinajstić information content (AvgIpc) is 2.76. The van der Waals surface area contributed by atoms with Crippen molar-refractivity contribution < 1.29 is 13.2 Å². The molecular weight excluding hydrogens is 416 g/mol. The smallest absolute Gasteiger partial charge is 0.243 e. The van der Waals surface area contributed by atoms with E-state index in [0.29, 0.717) is 24.6 Å². The fourth-order valence-electron chi connectivity index (χ4n) is 3.52. The van der Waals surface area contributed by atoms with Crippen molar-refractivity contribution in [3.8, 4) is 0 Å². The highest BCUT2D eigenvalue weighted by atomic mass is 32.2. The van der Waals surface area contributed by atoms with Crippen molar-refractivity contribution >= 4 is 33.4 Å². The molecular formula is C23H30N2O3S2. The Kier molecular flexibility index (Phi) is 7.60. The number of nitrogens with one attached hydrogen (secondary N) is 1. The van der Waals surface area contributed by atoms with Crippen LogP contribution in [0.3, 0.4) is 0 Å². The van der Waals surface area contributed by atoms with Crippen LogP contribution >= 0.6 is 11.8 Å². The second-order valence-corrected chi connectivity index (χ2v) is 11.3. The molecule has 1 N–H and O–H groups in total. The van der Waals surface area contributed by atoms with Gasteiger partial charge in [-0.3, -0.25) is 4.79 Å². The van der Waals surface area contributed by atoms with E-state index in [-0.39, 0.29) is 23.3 Å². The summed E-state index contributed by atoms with van der Waals surface area (Å²) in [4.78, 5) is 14.4. The van der Waals surface area contributed by atoms with Crippen LogP contribution in [-0.2, 0) is 14.8 Å². The molecule has 2 aromatic rings. The first-order valence-corrected chi connectivity index (χ1v) is 12.8. The molecule has 1 aliphatic heterocycles. The lowest BCUT2D eigenvalue weighted by atomic mass is 9.98. The summed E-state index contributed by atoms with van der Waals surface area (Å²) in [6.07, 6.45) is 2.47. The average molecular weight is 447 g/mol. The van der Waals surface area contributed by atoms with Crippen molar-refractivity contribution in [2.24, 2.45) is 5.92 Å². The Morgan fingerprint density at radius 2 is 1.97 bits per heavy atom. The molecule has 0 aliphatic carbocycles. The summed E-state index contributed by atoms with van der Waals surface area (Å²) in [6, 6.07) is 14.5. The van der Waals surface area contributed by atoms with Gasteiger partial charge in [0.15, 0.2) is 0 Å². The summed E-state index contributed by atoms with van der Waals surface area (Å²) in [5.41, 5.74) is 1.80. The van der Waals surface area contributed by atoms with E-state index in [0.717, 1.165) is 17.7 Å². The summed E-state index contributed by atoms with van der Waals surface area (Å²) < 4.78 is 27.3. The molecule has 2 aromatic carbocycles. The van der Waals surface area contributed by atoms with Gasteiger partial charge in [-0.05, 0) is 62.1 Å². The predicted molar refractivity (Wildman–Crippen MR) is 123 cm³/mol.